The van der Waals surface area contributed by atoms with Crippen LogP contribution in [0.3, 0.4) is 0 Å². The number of aliphatic carboxylic acids is 1. The van der Waals surface area contributed by atoms with Crippen LogP contribution in [0.25, 0.3) is 0 Å². The normalized spacial score (nSPS) is 14.0. The second-order valence-corrected chi connectivity index (χ2v) is 4.49. The van der Waals surface area contributed by atoms with Crippen molar-refractivity contribution in [1.82, 2.24) is 10.2 Å². The topological polar surface area (TPSA) is 69.6 Å². The molecule has 0 bridgehead atoms. The number of hydrogen-bond donors (Lipinski definition) is 2. The fraction of sp³-hybridized carbons (Fsp3) is 0.692. The molecule has 18 heavy (non-hydrogen) atoms. The lowest BCUT2D eigenvalue weighted by Crippen LogP contribution is -2.49. The standard InChI is InChI=1S/C13H24N2O3/c1-5-7-10(3)14-13(18)11(4)15(8-6-2)9-12(16)17/h6,10-11H,2,5,7-9H2,1,3-4H3,(H,14,18)(H,16,17). The summed E-state index contributed by atoms with van der Waals surface area (Å²) in [5.74, 6) is -1.09. The fourth-order valence-electron chi connectivity index (χ4n) is 1.73. The number of carboxylic acids is 1. The Morgan fingerprint density at radius 1 is 1.44 bits per heavy atom. The number of amides is 1. The largest absolute Gasteiger partial charge is 0.480 e. The van der Waals surface area contributed by atoms with Crippen molar-refractivity contribution in [1.29, 1.82) is 0 Å². The molecule has 2 unspecified atom stereocenters. The van der Waals surface area contributed by atoms with E-state index in [2.05, 4.69) is 18.8 Å². The second-order valence-electron chi connectivity index (χ2n) is 4.49. The molecule has 1 amide bonds. The van der Waals surface area contributed by atoms with Gasteiger partial charge in [-0.05, 0) is 20.3 Å². The third kappa shape index (κ3) is 6.39. The predicted octanol–water partition coefficient (Wildman–Crippen LogP) is 1.25. The van der Waals surface area contributed by atoms with Crippen molar-refractivity contribution in [3.05, 3.63) is 12.7 Å². The van der Waals surface area contributed by atoms with Crippen molar-refractivity contribution in [3.8, 4) is 0 Å². The summed E-state index contributed by atoms with van der Waals surface area (Å²) < 4.78 is 0. The minimum absolute atomic E-state index is 0.111. The number of hydrogen-bond acceptors (Lipinski definition) is 3. The molecule has 104 valence electrons. The van der Waals surface area contributed by atoms with Gasteiger partial charge in [-0.2, -0.15) is 0 Å². The quantitative estimate of drug-likeness (QED) is 0.609. The highest BCUT2D eigenvalue weighted by Gasteiger charge is 2.23. The zero-order chi connectivity index (χ0) is 14.1. The third-order valence-electron chi connectivity index (χ3n) is 2.74. The number of nitrogens with zero attached hydrogens (tertiary/aromatic N) is 1. The van der Waals surface area contributed by atoms with Gasteiger partial charge in [0.25, 0.3) is 0 Å². The van der Waals surface area contributed by atoms with Crippen LogP contribution in [0.2, 0.25) is 0 Å². The second kappa shape index (κ2) is 8.69. The van der Waals surface area contributed by atoms with Crippen LogP contribution in [-0.4, -0.2) is 47.1 Å². The molecule has 0 spiro atoms. The van der Waals surface area contributed by atoms with Gasteiger partial charge in [0.1, 0.15) is 0 Å². The minimum Gasteiger partial charge on any atom is -0.480 e. The molecule has 2 N–H and O–H groups in total. The van der Waals surface area contributed by atoms with Crippen LogP contribution in [0.15, 0.2) is 12.7 Å². The van der Waals surface area contributed by atoms with Crippen LogP contribution in [0, 0.1) is 0 Å². The van der Waals surface area contributed by atoms with E-state index in [0.717, 1.165) is 12.8 Å². The molecule has 0 aromatic rings. The van der Waals surface area contributed by atoms with E-state index in [1.54, 1.807) is 17.9 Å². The first-order chi connectivity index (χ1) is 8.42. The summed E-state index contributed by atoms with van der Waals surface area (Å²) in [5, 5.41) is 11.7. The first kappa shape index (κ1) is 16.6. The van der Waals surface area contributed by atoms with Crippen molar-refractivity contribution in [2.45, 2.75) is 45.7 Å². The van der Waals surface area contributed by atoms with E-state index in [0.29, 0.717) is 6.54 Å². The van der Waals surface area contributed by atoms with E-state index < -0.39 is 12.0 Å². The average molecular weight is 256 g/mol. The van der Waals surface area contributed by atoms with Gasteiger partial charge >= 0.3 is 5.97 Å². The third-order valence-corrected chi connectivity index (χ3v) is 2.74. The smallest absolute Gasteiger partial charge is 0.317 e. The van der Waals surface area contributed by atoms with Gasteiger partial charge in [0.2, 0.25) is 5.91 Å². The van der Waals surface area contributed by atoms with Crippen LogP contribution in [-0.2, 0) is 9.59 Å². The van der Waals surface area contributed by atoms with Gasteiger partial charge in [-0.25, -0.2) is 0 Å². The summed E-state index contributed by atoms with van der Waals surface area (Å²) in [7, 11) is 0. The summed E-state index contributed by atoms with van der Waals surface area (Å²) in [4.78, 5) is 24.2. The number of carbonyl (C=O) groups excluding carboxylic acids is 1. The Hall–Kier alpha value is -1.36. The lowest BCUT2D eigenvalue weighted by atomic mass is 10.1. The summed E-state index contributed by atoms with van der Waals surface area (Å²) in [5.41, 5.74) is 0. The van der Waals surface area contributed by atoms with Crippen molar-refractivity contribution < 1.29 is 14.7 Å². The van der Waals surface area contributed by atoms with Crippen molar-refractivity contribution in [2.24, 2.45) is 0 Å². The van der Waals surface area contributed by atoms with Crippen molar-refractivity contribution in [3.63, 3.8) is 0 Å². The van der Waals surface area contributed by atoms with E-state index in [4.69, 9.17) is 5.11 Å². The zero-order valence-corrected chi connectivity index (χ0v) is 11.5. The molecular formula is C13H24N2O3. The molecule has 0 saturated heterocycles. The van der Waals surface area contributed by atoms with Crippen LogP contribution >= 0.6 is 0 Å². The van der Waals surface area contributed by atoms with E-state index in [1.165, 1.54) is 0 Å². The Balaban J connectivity index is 4.45. The Morgan fingerprint density at radius 2 is 2.06 bits per heavy atom. The molecule has 0 fully saturated rings. The Bertz CT molecular complexity index is 292. The lowest BCUT2D eigenvalue weighted by Gasteiger charge is -2.26. The SMILES string of the molecule is C=CCN(CC(=O)O)C(C)C(=O)NC(C)CCC. The number of carbonyl (C=O) groups is 2. The molecule has 0 aromatic carbocycles. The molecule has 0 aliphatic carbocycles. The lowest BCUT2D eigenvalue weighted by molar-refractivity contribution is -0.139. The van der Waals surface area contributed by atoms with Gasteiger partial charge in [-0.3, -0.25) is 14.5 Å². The molecule has 0 radical (unpaired) electrons. The maximum absolute atomic E-state index is 11.9. The molecule has 0 rings (SSSR count). The Morgan fingerprint density at radius 3 is 2.50 bits per heavy atom. The van der Waals surface area contributed by atoms with Crippen molar-refractivity contribution >= 4 is 11.9 Å². The summed E-state index contributed by atoms with van der Waals surface area (Å²) in [6, 6.07) is -0.362. The number of carboxylic acid groups (broad SMARTS) is 1. The van der Waals surface area contributed by atoms with Gasteiger partial charge in [-0.15, -0.1) is 6.58 Å². The van der Waals surface area contributed by atoms with Gasteiger partial charge in [-0.1, -0.05) is 19.4 Å². The van der Waals surface area contributed by atoms with Gasteiger partial charge < -0.3 is 10.4 Å². The number of nitrogens with one attached hydrogen (secondary N) is 1. The van der Waals surface area contributed by atoms with Crippen molar-refractivity contribution in [2.75, 3.05) is 13.1 Å². The number of rotatable bonds is 9. The van der Waals surface area contributed by atoms with Crippen LogP contribution < -0.4 is 5.32 Å². The molecule has 5 nitrogen and oxygen atoms in total. The molecular weight excluding hydrogens is 232 g/mol. The minimum atomic E-state index is -0.946. The van der Waals surface area contributed by atoms with E-state index >= 15 is 0 Å². The average Bonchev–Trinajstić information content (AvgIpc) is 2.27. The van der Waals surface area contributed by atoms with Gasteiger partial charge in [0.15, 0.2) is 0 Å². The highest BCUT2D eigenvalue weighted by molar-refractivity contribution is 5.82. The van der Waals surface area contributed by atoms with Crippen LogP contribution in [0.5, 0.6) is 0 Å². The summed E-state index contributed by atoms with van der Waals surface area (Å²) in [6.07, 6.45) is 3.52. The van der Waals surface area contributed by atoms with Crippen LogP contribution in [0.4, 0.5) is 0 Å². The fourth-order valence-corrected chi connectivity index (χ4v) is 1.73. The van der Waals surface area contributed by atoms with E-state index in [1.807, 2.05) is 6.92 Å². The summed E-state index contributed by atoms with van der Waals surface area (Å²) >= 11 is 0. The predicted molar refractivity (Wildman–Crippen MR) is 71.4 cm³/mol. The molecule has 0 heterocycles. The molecule has 5 heteroatoms. The monoisotopic (exact) mass is 256 g/mol. The van der Waals surface area contributed by atoms with Crippen LogP contribution in [0.1, 0.15) is 33.6 Å². The maximum atomic E-state index is 11.9. The van der Waals surface area contributed by atoms with Gasteiger partial charge in [0, 0.05) is 12.6 Å². The summed E-state index contributed by atoms with van der Waals surface area (Å²) in [6.45, 7) is 9.50. The molecule has 0 aliphatic heterocycles. The first-order valence-corrected chi connectivity index (χ1v) is 6.29. The zero-order valence-electron chi connectivity index (χ0n) is 11.5. The van der Waals surface area contributed by atoms with E-state index in [9.17, 15) is 9.59 Å². The molecule has 0 aliphatic rings. The van der Waals surface area contributed by atoms with E-state index in [-0.39, 0.29) is 18.5 Å². The highest BCUT2D eigenvalue weighted by atomic mass is 16.4. The Labute approximate surface area is 109 Å². The molecule has 2 atom stereocenters. The molecule has 0 saturated carbocycles. The highest BCUT2D eigenvalue weighted by Crippen LogP contribution is 2.02. The van der Waals surface area contributed by atoms with Gasteiger partial charge in [0.05, 0.1) is 12.6 Å². The first-order valence-electron chi connectivity index (χ1n) is 6.29. The maximum Gasteiger partial charge on any atom is 0.317 e. The Kier molecular flexibility index (Phi) is 8.03. The molecule has 0 aromatic heterocycles.